The quantitative estimate of drug-likeness (QED) is 0.773. The molecule has 1 aliphatic carbocycles. The smallest absolute Gasteiger partial charge is 0.241 e. The van der Waals surface area contributed by atoms with Gasteiger partial charge in [-0.15, -0.1) is 0 Å². The van der Waals surface area contributed by atoms with Crippen LogP contribution >= 0.6 is 0 Å². The number of nitrogens with one attached hydrogen (secondary N) is 2. The van der Waals surface area contributed by atoms with Crippen molar-refractivity contribution in [1.29, 1.82) is 0 Å². The van der Waals surface area contributed by atoms with Gasteiger partial charge in [0.2, 0.25) is 5.91 Å². The number of nitrogens with zero attached hydrogens (tertiary/aromatic N) is 1. The first-order valence-electron chi connectivity index (χ1n) is 9.88. The molecule has 0 atom stereocenters. The van der Waals surface area contributed by atoms with Crippen LogP contribution in [0.25, 0.3) is 0 Å². The van der Waals surface area contributed by atoms with Gasteiger partial charge in [-0.25, -0.2) is 8.42 Å². The van der Waals surface area contributed by atoms with Crippen molar-refractivity contribution in [2.45, 2.75) is 74.6 Å². The molecule has 0 aromatic rings. The first-order valence-corrected chi connectivity index (χ1v) is 11.8. The molecule has 0 spiro atoms. The second-order valence-electron chi connectivity index (χ2n) is 8.09. The molecule has 2 heterocycles. The van der Waals surface area contributed by atoms with Crippen molar-refractivity contribution < 1.29 is 13.2 Å². The van der Waals surface area contributed by atoms with Gasteiger partial charge in [0.25, 0.3) is 0 Å². The molecule has 3 rings (SSSR count). The summed E-state index contributed by atoms with van der Waals surface area (Å²) in [6.07, 6.45) is 10.5. The topological polar surface area (TPSA) is 78.5 Å². The third-order valence-corrected chi connectivity index (χ3v) is 8.50. The Morgan fingerprint density at radius 3 is 2.20 bits per heavy atom. The minimum Gasteiger partial charge on any atom is -0.352 e. The number of hydrogen-bond donors (Lipinski definition) is 2. The van der Waals surface area contributed by atoms with Crippen LogP contribution < -0.4 is 10.6 Å². The van der Waals surface area contributed by atoms with Gasteiger partial charge in [-0.3, -0.25) is 4.79 Å². The standard InChI is InChI=1S/C18H33N3O3S/c1-25(23,24)18(9-11-19-12-10-18)17(22)20-15-7-13-21(14-8-15)16-5-3-2-4-6-16/h15-16,19H,2-14H2,1H3,(H,20,22). The Labute approximate surface area is 152 Å². The first-order chi connectivity index (χ1) is 11.9. The van der Waals surface area contributed by atoms with E-state index in [1.165, 1.54) is 38.4 Å². The summed E-state index contributed by atoms with van der Waals surface area (Å²) in [7, 11) is -3.43. The van der Waals surface area contributed by atoms with Gasteiger partial charge >= 0.3 is 0 Å². The molecular weight excluding hydrogens is 338 g/mol. The van der Waals surface area contributed by atoms with E-state index < -0.39 is 14.6 Å². The Morgan fingerprint density at radius 1 is 1.04 bits per heavy atom. The molecule has 1 amide bonds. The van der Waals surface area contributed by atoms with Crippen LogP contribution in [-0.4, -0.2) is 68.5 Å². The van der Waals surface area contributed by atoms with Gasteiger partial charge in [0.05, 0.1) is 0 Å². The molecule has 2 N–H and O–H groups in total. The van der Waals surface area contributed by atoms with Crippen molar-refractivity contribution in [1.82, 2.24) is 15.5 Å². The van der Waals surface area contributed by atoms with E-state index in [4.69, 9.17) is 0 Å². The van der Waals surface area contributed by atoms with Gasteiger partial charge in [-0.1, -0.05) is 19.3 Å². The molecule has 2 saturated heterocycles. The largest absolute Gasteiger partial charge is 0.352 e. The van der Waals surface area contributed by atoms with E-state index in [2.05, 4.69) is 15.5 Å². The first kappa shape index (κ1) is 19.1. The Hall–Kier alpha value is -0.660. The van der Waals surface area contributed by atoms with Gasteiger partial charge in [0.15, 0.2) is 14.6 Å². The summed E-state index contributed by atoms with van der Waals surface area (Å²) >= 11 is 0. The number of rotatable bonds is 4. The van der Waals surface area contributed by atoms with Gasteiger partial charge in [-0.05, 0) is 51.6 Å². The third kappa shape index (κ3) is 4.19. The Kier molecular flexibility index (Phi) is 6.06. The number of carbonyl (C=O) groups excluding carboxylic acids is 1. The van der Waals surface area contributed by atoms with Gasteiger partial charge in [0.1, 0.15) is 0 Å². The maximum Gasteiger partial charge on any atom is 0.241 e. The van der Waals surface area contributed by atoms with Gasteiger partial charge < -0.3 is 15.5 Å². The van der Waals surface area contributed by atoms with E-state index in [1.54, 1.807) is 0 Å². The summed E-state index contributed by atoms with van der Waals surface area (Å²) in [5.74, 6) is -0.271. The second-order valence-corrected chi connectivity index (χ2v) is 10.4. The molecule has 6 nitrogen and oxygen atoms in total. The van der Waals surface area contributed by atoms with Crippen molar-refractivity contribution in [2.75, 3.05) is 32.4 Å². The number of hydrogen-bond acceptors (Lipinski definition) is 5. The highest BCUT2D eigenvalue weighted by Gasteiger charge is 2.49. The van der Waals surface area contributed by atoms with Crippen molar-refractivity contribution in [2.24, 2.45) is 0 Å². The monoisotopic (exact) mass is 371 g/mol. The predicted octanol–water partition coefficient (Wildman–Crippen LogP) is 1.07. The van der Waals surface area contributed by atoms with Crippen molar-refractivity contribution in [3.63, 3.8) is 0 Å². The minimum absolute atomic E-state index is 0.112. The molecule has 2 aliphatic heterocycles. The fourth-order valence-electron chi connectivity index (χ4n) is 4.77. The van der Waals surface area contributed by atoms with E-state index >= 15 is 0 Å². The molecule has 25 heavy (non-hydrogen) atoms. The number of sulfone groups is 1. The molecule has 0 aromatic heterocycles. The van der Waals surface area contributed by atoms with Crippen molar-refractivity contribution in [3.8, 4) is 0 Å². The summed E-state index contributed by atoms with van der Waals surface area (Å²) in [6, 6.07) is 0.832. The average Bonchev–Trinajstić information content (AvgIpc) is 2.63. The van der Waals surface area contributed by atoms with Gasteiger partial charge in [0, 0.05) is 31.4 Å². The van der Waals surface area contributed by atoms with E-state index in [0.29, 0.717) is 25.9 Å². The molecule has 144 valence electrons. The summed E-state index contributed by atoms with van der Waals surface area (Å²) in [5, 5.41) is 6.25. The number of amides is 1. The number of carbonyl (C=O) groups is 1. The Bertz CT molecular complexity index is 558. The van der Waals surface area contributed by atoms with Crippen LogP contribution in [0.3, 0.4) is 0 Å². The summed E-state index contributed by atoms with van der Waals surface area (Å²) < 4.78 is 23.5. The fourth-order valence-corrected chi connectivity index (χ4v) is 6.11. The number of likely N-dealkylation sites (tertiary alicyclic amines) is 1. The lowest BCUT2D eigenvalue weighted by Gasteiger charge is -2.41. The molecule has 3 aliphatic rings. The molecular formula is C18H33N3O3S. The van der Waals surface area contributed by atoms with Crippen molar-refractivity contribution in [3.05, 3.63) is 0 Å². The number of piperidine rings is 2. The molecule has 0 radical (unpaired) electrons. The van der Waals surface area contributed by atoms with Crippen LogP contribution in [0.5, 0.6) is 0 Å². The van der Waals surface area contributed by atoms with E-state index in [-0.39, 0.29) is 11.9 Å². The Balaban J connectivity index is 1.56. The third-order valence-electron chi connectivity index (χ3n) is 6.49. The highest BCUT2D eigenvalue weighted by Crippen LogP contribution is 2.29. The SMILES string of the molecule is CS(=O)(=O)C1(C(=O)NC2CCN(C3CCCCC3)CC2)CCNCC1. The van der Waals surface area contributed by atoms with Crippen LogP contribution in [0.15, 0.2) is 0 Å². The summed E-state index contributed by atoms with van der Waals surface area (Å²) in [6.45, 7) is 3.20. The lowest BCUT2D eigenvalue weighted by molar-refractivity contribution is -0.125. The van der Waals surface area contributed by atoms with Gasteiger partial charge in [-0.2, -0.15) is 0 Å². The van der Waals surface area contributed by atoms with E-state index in [9.17, 15) is 13.2 Å². The maximum absolute atomic E-state index is 12.9. The van der Waals surface area contributed by atoms with Crippen molar-refractivity contribution >= 4 is 15.7 Å². The molecule has 3 fully saturated rings. The van der Waals surface area contributed by atoms with Crippen LogP contribution in [0, 0.1) is 0 Å². The van der Waals surface area contributed by atoms with Crippen LogP contribution in [0.2, 0.25) is 0 Å². The lowest BCUT2D eigenvalue weighted by Crippen LogP contribution is -2.60. The Morgan fingerprint density at radius 2 is 1.64 bits per heavy atom. The summed E-state index contributed by atoms with van der Waals surface area (Å²) in [4.78, 5) is 15.5. The highest BCUT2D eigenvalue weighted by atomic mass is 32.2. The summed E-state index contributed by atoms with van der Waals surface area (Å²) in [5.41, 5.74) is 0. The molecule has 7 heteroatoms. The highest BCUT2D eigenvalue weighted by molar-refractivity contribution is 7.92. The average molecular weight is 372 g/mol. The predicted molar refractivity (Wildman–Crippen MR) is 99.3 cm³/mol. The molecule has 0 bridgehead atoms. The second kappa shape index (κ2) is 7.92. The zero-order valence-corrected chi connectivity index (χ0v) is 16.2. The van der Waals surface area contributed by atoms with Crippen LogP contribution in [0.1, 0.15) is 57.8 Å². The lowest BCUT2D eigenvalue weighted by atomic mass is 9.91. The minimum atomic E-state index is -3.43. The zero-order valence-electron chi connectivity index (χ0n) is 15.4. The van der Waals surface area contributed by atoms with E-state index in [1.807, 2.05) is 0 Å². The molecule has 0 aromatic carbocycles. The normalized spacial score (nSPS) is 27.1. The van der Waals surface area contributed by atoms with E-state index in [0.717, 1.165) is 32.0 Å². The molecule has 0 unspecified atom stereocenters. The maximum atomic E-state index is 12.9. The van der Waals surface area contributed by atoms with Crippen LogP contribution in [-0.2, 0) is 14.6 Å². The zero-order chi connectivity index (χ0) is 17.9. The fraction of sp³-hybridized carbons (Fsp3) is 0.944. The van der Waals surface area contributed by atoms with Crippen LogP contribution in [0.4, 0.5) is 0 Å². The molecule has 1 saturated carbocycles.